The second-order valence-electron chi connectivity index (χ2n) is 8.07. The summed E-state index contributed by atoms with van der Waals surface area (Å²) >= 11 is 3.52. The Bertz CT molecular complexity index is 1350. The first kappa shape index (κ1) is 24.2. The van der Waals surface area contributed by atoms with Crippen LogP contribution in [0.1, 0.15) is 18.1 Å². The molecule has 3 aromatic rings. The van der Waals surface area contributed by atoms with Crippen molar-refractivity contribution in [2.45, 2.75) is 19.6 Å². The van der Waals surface area contributed by atoms with Crippen LogP contribution >= 0.6 is 15.9 Å². The molecule has 2 heterocycles. The Balaban J connectivity index is 2.09. The number of hydrogen-bond acceptors (Lipinski definition) is 6. The SMILES string of the molecule is C=C(OCC)c1cn(-c2cc(N)c(F)cc2CO)c2c(Br)c(N3CC(NC)C3)c(F)cc2c1=O. The number of ether oxygens (including phenoxy) is 1. The molecule has 0 radical (unpaired) electrons. The molecule has 180 valence electrons. The zero-order chi connectivity index (χ0) is 24.7. The van der Waals surface area contributed by atoms with Crippen molar-refractivity contribution in [1.29, 1.82) is 0 Å². The van der Waals surface area contributed by atoms with Crippen molar-refractivity contribution in [3.05, 3.63) is 68.4 Å². The Morgan fingerprint density at radius 2 is 2.03 bits per heavy atom. The third kappa shape index (κ3) is 3.95. The van der Waals surface area contributed by atoms with Gasteiger partial charge in [-0.25, -0.2) is 8.78 Å². The van der Waals surface area contributed by atoms with Gasteiger partial charge in [0.25, 0.3) is 0 Å². The van der Waals surface area contributed by atoms with Crippen molar-refractivity contribution in [3.63, 3.8) is 0 Å². The fraction of sp³-hybridized carbons (Fsp3) is 0.292. The normalized spacial score (nSPS) is 13.9. The van der Waals surface area contributed by atoms with E-state index >= 15 is 4.39 Å². The molecule has 0 aliphatic carbocycles. The number of pyridine rings is 1. The zero-order valence-electron chi connectivity index (χ0n) is 18.8. The third-order valence-electron chi connectivity index (χ3n) is 6.01. The van der Waals surface area contributed by atoms with E-state index in [0.29, 0.717) is 34.5 Å². The number of rotatable bonds is 7. The fourth-order valence-corrected chi connectivity index (χ4v) is 4.99. The molecule has 4 N–H and O–H groups in total. The second kappa shape index (κ2) is 9.36. The molecule has 2 aromatic carbocycles. The molecule has 1 aromatic heterocycles. The van der Waals surface area contributed by atoms with Gasteiger partial charge in [-0.05, 0) is 48.1 Å². The van der Waals surface area contributed by atoms with Crippen molar-refractivity contribution in [2.75, 3.05) is 37.4 Å². The van der Waals surface area contributed by atoms with Gasteiger partial charge in [0.1, 0.15) is 17.4 Å². The van der Waals surface area contributed by atoms with E-state index in [2.05, 4.69) is 27.8 Å². The first-order chi connectivity index (χ1) is 16.2. The van der Waals surface area contributed by atoms with Crippen LogP contribution in [0.5, 0.6) is 0 Å². The summed E-state index contributed by atoms with van der Waals surface area (Å²) in [6, 6.07) is 3.92. The number of aromatic nitrogens is 1. The average molecular weight is 535 g/mol. The molecular formula is C24H25BrF2N4O3. The monoisotopic (exact) mass is 534 g/mol. The van der Waals surface area contributed by atoms with E-state index in [9.17, 15) is 14.3 Å². The number of nitrogens with two attached hydrogens (primary N) is 1. The highest BCUT2D eigenvalue weighted by atomic mass is 79.9. The Morgan fingerprint density at radius 1 is 1.32 bits per heavy atom. The lowest BCUT2D eigenvalue weighted by molar-refractivity contribution is 0.281. The molecule has 0 amide bonds. The van der Waals surface area contributed by atoms with Crippen LogP contribution in [0.3, 0.4) is 0 Å². The summed E-state index contributed by atoms with van der Waals surface area (Å²) in [6.45, 7) is 6.56. The minimum Gasteiger partial charge on any atom is -0.494 e. The van der Waals surface area contributed by atoms with Gasteiger partial charge >= 0.3 is 0 Å². The van der Waals surface area contributed by atoms with Gasteiger partial charge in [-0.3, -0.25) is 4.79 Å². The van der Waals surface area contributed by atoms with E-state index in [-0.39, 0.29) is 40.6 Å². The molecule has 1 saturated heterocycles. The number of anilines is 2. The summed E-state index contributed by atoms with van der Waals surface area (Å²) in [5.74, 6) is -1.12. The predicted molar refractivity (Wildman–Crippen MR) is 133 cm³/mol. The molecule has 1 aliphatic rings. The number of benzene rings is 2. The highest BCUT2D eigenvalue weighted by molar-refractivity contribution is 9.10. The molecule has 4 rings (SSSR count). The molecule has 0 bridgehead atoms. The minimum atomic E-state index is -0.679. The van der Waals surface area contributed by atoms with Gasteiger partial charge in [-0.15, -0.1) is 0 Å². The number of fused-ring (bicyclic) bond motifs is 1. The largest absolute Gasteiger partial charge is 0.494 e. The van der Waals surface area contributed by atoms with Gasteiger partial charge in [-0.2, -0.15) is 0 Å². The number of halogens is 3. The highest BCUT2D eigenvalue weighted by Gasteiger charge is 2.31. The summed E-state index contributed by atoms with van der Waals surface area (Å²) in [5, 5.41) is 13.2. The molecule has 0 spiro atoms. The quantitative estimate of drug-likeness (QED) is 0.317. The van der Waals surface area contributed by atoms with Gasteiger partial charge in [-0.1, -0.05) is 6.58 Å². The number of aliphatic hydroxyl groups excluding tert-OH is 1. The molecule has 34 heavy (non-hydrogen) atoms. The average Bonchev–Trinajstić information content (AvgIpc) is 2.77. The van der Waals surface area contributed by atoms with Crippen LogP contribution in [0, 0.1) is 11.6 Å². The summed E-state index contributed by atoms with van der Waals surface area (Å²) in [5.41, 5.74) is 6.59. The van der Waals surface area contributed by atoms with E-state index < -0.39 is 23.7 Å². The number of nitrogens with one attached hydrogen (secondary N) is 1. The smallest absolute Gasteiger partial charge is 0.200 e. The lowest BCUT2D eigenvalue weighted by atomic mass is 10.0. The molecule has 0 atom stereocenters. The van der Waals surface area contributed by atoms with E-state index in [1.807, 2.05) is 11.9 Å². The number of hydrogen-bond donors (Lipinski definition) is 3. The summed E-state index contributed by atoms with van der Waals surface area (Å²) in [7, 11) is 1.84. The molecule has 0 unspecified atom stereocenters. The number of likely N-dealkylation sites (N-methyl/N-ethyl adjacent to an activating group) is 1. The highest BCUT2D eigenvalue weighted by Crippen LogP contribution is 2.39. The topological polar surface area (TPSA) is 92.8 Å². The van der Waals surface area contributed by atoms with Crippen LogP contribution in [0.25, 0.3) is 22.3 Å². The molecule has 0 saturated carbocycles. The van der Waals surface area contributed by atoms with Crippen LogP contribution in [-0.4, -0.2) is 42.5 Å². The molecule has 1 aliphatic heterocycles. The van der Waals surface area contributed by atoms with Gasteiger partial charge in [0.15, 0.2) is 5.43 Å². The predicted octanol–water partition coefficient (Wildman–Crippen LogP) is 3.52. The first-order valence-electron chi connectivity index (χ1n) is 10.7. The molecule has 7 nitrogen and oxygen atoms in total. The molecule has 10 heteroatoms. The van der Waals surface area contributed by atoms with Gasteiger partial charge < -0.3 is 30.4 Å². The number of aliphatic hydroxyl groups is 1. The minimum absolute atomic E-state index is 0.0731. The van der Waals surface area contributed by atoms with Crippen LogP contribution in [-0.2, 0) is 11.3 Å². The Hall–Kier alpha value is -2.95. The Morgan fingerprint density at radius 3 is 2.65 bits per heavy atom. The first-order valence-corrected chi connectivity index (χ1v) is 11.5. The van der Waals surface area contributed by atoms with Crippen LogP contribution in [0.4, 0.5) is 20.2 Å². The maximum absolute atomic E-state index is 15.3. The second-order valence-corrected chi connectivity index (χ2v) is 8.86. The number of nitrogen functional groups attached to an aromatic ring is 1. The fourth-order valence-electron chi connectivity index (χ4n) is 4.15. The lowest BCUT2D eigenvalue weighted by Gasteiger charge is -2.41. The lowest BCUT2D eigenvalue weighted by Crippen LogP contribution is -2.57. The maximum atomic E-state index is 15.3. The van der Waals surface area contributed by atoms with E-state index in [4.69, 9.17) is 10.5 Å². The Kier molecular flexibility index (Phi) is 6.66. The Labute approximate surface area is 203 Å². The van der Waals surface area contributed by atoms with E-state index in [1.165, 1.54) is 18.3 Å². The third-order valence-corrected chi connectivity index (χ3v) is 6.76. The summed E-state index contributed by atoms with van der Waals surface area (Å²) in [6.07, 6.45) is 1.49. The van der Waals surface area contributed by atoms with Crippen molar-refractivity contribution in [3.8, 4) is 5.69 Å². The van der Waals surface area contributed by atoms with Crippen molar-refractivity contribution in [2.24, 2.45) is 0 Å². The van der Waals surface area contributed by atoms with Crippen LogP contribution < -0.4 is 21.4 Å². The van der Waals surface area contributed by atoms with Gasteiger partial charge in [0.05, 0.1) is 51.2 Å². The van der Waals surface area contributed by atoms with Gasteiger partial charge in [0, 0.05) is 30.9 Å². The van der Waals surface area contributed by atoms with Crippen LogP contribution in [0.15, 0.2) is 40.2 Å². The summed E-state index contributed by atoms with van der Waals surface area (Å²) in [4.78, 5) is 15.2. The van der Waals surface area contributed by atoms with E-state index in [1.54, 1.807) is 11.5 Å². The van der Waals surface area contributed by atoms with Crippen molar-refractivity contribution < 1.29 is 18.6 Å². The van der Waals surface area contributed by atoms with Crippen molar-refractivity contribution >= 4 is 44.0 Å². The molecule has 1 fully saturated rings. The number of nitrogens with zero attached hydrogens (tertiary/aromatic N) is 2. The van der Waals surface area contributed by atoms with Crippen LogP contribution in [0.2, 0.25) is 0 Å². The van der Waals surface area contributed by atoms with Crippen molar-refractivity contribution in [1.82, 2.24) is 9.88 Å². The van der Waals surface area contributed by atoms with Gasteiger partial charge in [0.2, 0.25) is 0 Å². The summed E-state index contributed by atoms with van der Waals surface area (Å²) < 4.78 is 36.9. The maximum Gasteiger partial charge on any atom is 0.200 e. The zero-order valence-corrected chi connectivity index (χ0v) is 20.4. The molecular weight excluding hydrogens is 510 g/mol. The van der Waals surface area contributed by atoms with E-state index in [0.717, 1.165) is 6.07 Å². The standard InChI is InChI=1S/C24H25BrF2N4O3/c1-4-34-12(2)16-10-31(20-7-19(28)17(26)5-13(20)11-32)22-15(24(16)33)6-18(27)23(21(22)25)30-8-14(9-30)29-3/h5-7,10,14,29,32H,2,4,8-9,11,28H2,1,3H3.